The summed E-state index contributed by atoms with van der Waals surface area (Å²) in [6, 6.07) is 18.3. The molecule has 0 saturated heterocycles. The number of carbonyl (C=O) groups is 1. The summed E-state index contributed by atoms with van der Waals surface area (Å²) in [6.45, 7) is 1.74. The highest BCUT2D eigenvalue weighted by molar-refractivity contribution is 6.06. The Hall–Kier alpha value is -4.86. The predicted octanol–water partition coefficient (Wildman–Crippen LogP) is 4.18. The van der Waals surface area contributed by atoms with E-state index in [1.165, 1.54) is 16.9 Å². The van der Waals surface area contributed by atoms with Gasteiger partial charge in [-0.3, -0.25) is 19.9 Å². The highest BCUT2D eigenvalue weighted by atomic mass is 16.6. The minimum absolute atomic E-state index is 0.114. The number of allylic oxidation sites excluding steroid dienone is 1. The van der Waals surface area contributed by atoms with Crippen LogP contribution in [-0.4, -0.2) is 30.6 Å². The van der Waals surface area contributed by atoms with Crippen molar-refractivity contribution in [2.24, 2.45) is 0 Å². The lowest BCUT2D eigenvalue weighted by Crippen LogP contribution is -2.32. The maximum Gasteiger partial charge on any atom is 0.275 e. The molecule has 5 rings (SSSR count). The lowest BCUT2D eigenvalue weighted by atomic mass is 9.93. The van der Waals surface area contributed by atoms with Crippen LogP contribution in [0.2, 0.25) is 0 Å². The van der Waals surface area contributed by atoms with Gasteiger partial charge < -0.3 is 10.6 Å². The Kier molecular flexibility index (Phi) is 5.30. The quantitative estimate of drug-likeness (QED) is 0.343. The number of anilines is 2. The molecule has 34 heavy (non-hydrogen) atoms. The van der Waals surface area contributed by atoms with Gasteiger partial charge in [0, 0.05) is 23.5 Å². The van der Waals surface area contributed by atoms with Gasteiger partial charge in [0.05, 0.1) is 27.9 Å². The van der Waals surface area contributed by atoms with E-state index in [0.717, 1.165) is 5.56 Å². The van der Waals surface area contributed by atoms with Crippen molar-refractivity contribution in [1.82, 2.24) is 19.7 Å². The molecule has 2 aromatic carbocycles. The van der Waals surface area contributed by atoms with E-state index in [1.807, 2.05) is 30.3 Å². The number of aromatic nitrogens is 4. The Morgan fingerprint density at radius 1 is 1.09 bits per heavy atom. The lowest BCUT2D eigenvalue weighted by molar-refractivity contribution is -0.385. The van der Waals surface area contributed by atoms with Crippen LogP contribution in [0.1, 0.15) is 18.5 Å². The molecule has 1 atom stereocenters. The summed E-state index contributed by atoms with van der Waals surface area (Å²) in [6.07, 6.45) is 3.13. The number of carbonyl (C=O) groups excluding carboxylic acids is 1. The number of nitro groups is 1. The zero-order valence-electron chi connectivity index (χ0n) is 18.0. The predicted molar refractivity (Wildman–Crippen MR) is 126 cm³/mol. The van der Waals surface area contributed by atoms with Crippen LogP contribution in [0.15, 0.2) is 90.4 Å². The number of benzene rings is 2. The number of fused-ring (bicyclic) bond motifs is 1. The number of nitro benzene ring substituents is 1. The van der Waals surface area contributed by atoms with Crippen LogP contribution in [0, 0.1) is 10.1 Å². The molecule has 10 heteroatoms. The molecular formula is C24H19N7O3. The van der Waals surface area contributed by atoms with Gasteiger partial charge in [-0.2, -0.15) is 4.98 Å². The second-order valence-corrected chi connectivity index (χ2v) is 7.65. The van der Waals surface area contributed by atoms with Gasteiger partial charge >= 0.3 is 0 Å². The largest absolute Gasteiger partial charge is 0.328 e. The molecule has 1 aliphatic heterocycles. The molecule has 0 aliphatic carbocycles. The maximum atomic E-state index is 13.5. The van der Waals surface area contributed by atoms with Crippen molar-refractivity contribution >= 4 is 23.2 Å². The van der Waals surface area contributed by atoms with E-state index >= 15 is 0 Å². The number of hydrogen-bond acceptors (Lipinski definition) is 7. The number of nitrogens with zero attached hydrogens (tertiary/aromatic N) is 5. The molecule has 4 aromatic rings. The van der Waals surface area contributed by atoms with Crippen molar-refractivity contribution in [3.63, 3.8) is 0 Å². The van der Waals surface area contributed by atoms with E-state index in [1.54, 1.807) is 43.5 Å². The van der Waals surface area contributed by atoms with Crippen LogP contribution in [0.3, 0.4) is 0 Å². The van der Waals surface area contributed by atoms with Gasteiger partial charge in [-0.05, 0) is 25.1 Å². The van der Waals surface area contributed by atoms with Crippen molar-refractivity contribution in [3.05, 3.63) is 106 Å². The van der Waals surface area contributed by atoms with E-state index in [0.29, 0.717) is 28.7 Å². The summed E-state index contributed by atoms with van der Waals surface area (Å²) in [7, 11) is 0. The summed E-state index contributed by atoms with van der Waals surface area (Å²) in [5, 5.41) is 22.5. The number of rotatable bonds is 5. The van der Waals surface area contributed by atoms with Crippen molar-refractivity contribution in [2.45, 2.75) is 13.0 Å². The number of hydrogen-bond donors (Lipinski definition) is 2. The molecule has 0 bridgehead atoms. The van der Waals surface area contributed by atoms with E-state index in [4.69, 9.17) is 0 Å². The summed E-state index contributed by atoms with van der Waals surface area (Å²) < 4.78 is 1.52. The summed E-state index contributed by atoms with van der Waals surface area (Å²) >= 11 is 0. The smallest absolute Gasteiger partial charge is 0.275 e. The van der Waals surface area contributed by atoms with Crippen molar-refractivity contribution < 1.29 is 9.72 Å². The third-order valence-corrected chi connectivity index (χ3v) is 5.48. The summed E-state index contributed by atoms with van der Waals surface area (Å²) in [5.41, 5.74) is 2.31. The second-order valence-electron chi connectivity index (χ2n) is 7.65. The van der Waals surface area contributed by atoms with Crippen molar-refractivity contribution in [1.29, 1.82) is 0 Å². The molecule has 0 radical (unpaired) electrons. The van der Waals surface area contributed by atoms with E-state index in [9.17, 15) is 14.9 Å². The number of pyridine rings is 1. The standard InChI is InChI=1S/C24H19N7O3/c1-15-20(23(32)27-17-10-7-13-25-14-17)21(18-11-5-6-12-19(18)31(33)34)30-24(26-15)28-22(29-30)16-8-3-2-4-9-16/h2-14,21H,1H3,(H,27,32)(H,26,28,29). The van der Waals surface area contributed by atoms with Crippen LogP contribution >= 0.6 is 0 Å². The molecular weight excluding hydrogens is 434 g/mol. The van der Waals surface area contributed by atoms with Crippen LogP contribution < -0.4 is 10.6 Å². The molecule has 1 amide bonds. The van der Waals surface area contributed by atoms with Crippen LogP contribution in [0.5, 0.6) is 0 Å². The minimum atomic E-state index is -0.875. The van der Waals surface area contributed by atoms with Gasteiger partial charge in [0.15, 0.2) is 5.82 Å². The molecule has 0 saturated carbocycles. The molecule has 2 N–H and O–H groups in total. The van der Waals surface area contributed by atoms with Gasteiger partial charge in [-0.25, -0.2) is 4.68 Å². The van der Waals surface area contributed by atoms with E-state index < -0.39 is 16.9 Å². The number of para-hydroxylation sites is 1. The normalized spacial score (nSPS) is 14.8. The fraction of sp³-hybridized carbons (Fsp3) is 0.0833. The Morgan fingerprint density at radius 2 is 1.85 bits per heavy atom. The highest BCUT2D eigenvalue weighted by Gasteiger charge is 2.37. The van der Waals surface area contributed by atoms with Crippen LogP contribution in [-0.2, 0) is 4.79 Å². The Morgan fingerprint density at radius 3 is 2.59 bits per heavy atom. The van der Waals surface area contributed by atoms with Gasteiger partial charge in [0.25, 0.3) is 11.6 Å². The topological polar surface area (TPSA) is 128 Å². The average molecular weight is 453 g/mol. The Balaban J connectivity index is 1.66. The monoisotopic (exact) mass is 453 g/mol. The molecule has 0 spiro atoms. The van der Waals surface area contributed by atoms with Gasteiger partial charge in [-0.15, -0.1) is 5.10 Å². The van der Waals surface area contributed by atoms with Crippen LogP contribution in [0.25, 0.3) is 11.4 Å². The molecule has 0 fully saturated rings. The van der Waals surface area contributed by atoms with E-state index in [-0.39, 0.29) is 11.3 Å². The Bertz CT molecular complexity index is 1420. The first-order valence-electron chi connectivity index (χ1n) is 10.5. The molecule has 1 unspecified atom stereocenters. The maximum absolute atomic E-state index is 13.5. The fourth-order valence-corrected chi connectivity index (χ4v) is 3.96. The van der Waals surface area contributed by atoms with E-state index in [2.05, 4.69) is 25.7 Å². The van der Waals surface area contributed by atoms with Crippen LogP contribution in [0.4, 0.5) is 17.3 Å². The van der Waals surface area contributed by atoms with Crippen molar-refractivity contribution in [2.75, 3.05) is 10.6 Å². The molecule has 168 valence electrons. The van der Waals surface area contributed by atoms with Gasteiger partial charge in [0.1, 0.15) is 6.04 Å². The zero-order valence-corrected chi connectivity index (χ0v) is 18.0. The number of nitrogens with one attached hydrogen (secondary N) is 2. The lowest BCUT2D eigenvalue weighted by Gasteiger charge is -2.28. The minimum Gasteiger partial charge on any atom is -0.328 e. The second kappa shape index (κ2) is 8.58. The van der Waals surface area contributed by atoms with Gasteiger partial charge in [-0.1, -0.05) is 42.5 Å². The first-order chi connectivity index (χ1) is 16.5. The first-order valence-corrected chi connectivity index (χ1v) is 10.5. The summed E-state index contributed by atoms with van der Waals surface area (Å²) in [5.74, 6) is 0.398. The molecule has 3 heterocycles. The Labute approximate surface area is 194 Å². The average Bonchev–Trinajstić information content (AvgIpc) is 3.28. The molecule has 2 aromatic heterocycles. The third kappa shape index (κ3) is 3.77. The highest BCUT2D eigenvalue weighted by Crippen LogP contribution is 2.40. The fourth-order valence-electron chi connectivity index (χ4n) is 3.96. The van der Waals surface area contributed by atoms with Gasteiger partial charge in [0.2, 0.25) is 5.95 Å². The number of amides is 1. The van der Waals surface area contributed by atoms with Crippen molar-refractivity contribution in [3.8, 4) is 11.4 Å². The SMILES string of the molecule is CC1=C(C(=O)Nc2cccnc2)C(c2ccccc2[N+](=O)[O-])n2nc(-c3ccccc3)nc2N1. The summed E-state index contributed by atoms with van der Waals surface area (Å²) in [4.78, 5) is 33.5. The molecule has 1 aliphatic rings. The zero-order chi connectivity index (χ0) is 23.7. The third-order valence-electron chi connectivity index (χ3n) is 5.48. The first kappa shape index (κ1) is 21.0. The molecule has 10 nitrogen and oxygen atoms in total.